The molecule has 1 aromatic rings. The molecule has 1 aliphatic heterocycles. The summed E-state index contributed by atoms with van der Waals surface area (Å²) in [4.78, 5) is 6.87. The molecule has 2 rings (SSSR count). The van der Waals surface area contributed by atoms with E-state index in [9.17, 15) is 0 Å². The predicted octanol–water partition coefficient (Wildman–Crippen LogP) is 2.04. The second-order valence-electron chi connectivity index (χ2n) is 5.16. The van der Waals surface area contributed by atoms with Crippen LogP contribution in [-0.2, 0) is 6.54 Å². The van der Waals surface area contributed by atoms with E-state index in [2.05, 4.69) is 33.6 Å². The van der Waals surface area contributed by atoms with Crippen molar-refractivity contribution >= 4 is 0 Å². The van der Waals surface area contributed by atoms with Crippen molar-refractivity contribution in [2.24, 2.45) is 0 Å². The third-order valence-corrected chi connectivity index (χ3v) is 3.80. The van der Waals surface area contributed by atoms with E-state index >= 15 is 0 Å². The molecule has 1 atom stereocenters. The van der Waals surface area contributed by atoms with Gasteiger partial charge in [0.25, 0.3) is 0 Å². The molecular formula is C14H26N4. The second-order valence-corrected chi connectivity index (χ2v) is 5.16. The standard InChI is InChI=1S/C14H26N4/c1-3-7-15-9-14-10-16-12-18(14)13-6-5-8-17(4-2)11-13/h10,12-13,15H,3-9,11H2,1-2H3. The minimum Gasteiger partial charge on any atom is -0.329 e. The maximum absolute atomic E-state index is 4.33. The van der Waals surface area contributed by atoms with Crippen LogP contribution in [0.25, 0.3) is 0 Å². The first kappa shape index (κ1) is 13.6. The van der Waals surface area contributed by atoms with Crippen molar-refractivity contribution in [3.05, 3.63) is 18.2 Å². The van der Waals surface area contributed by atoms with E-state index < -0.39 is 0 Å². The van der Waals surface area contributed by atoms with Crippen LogP contribution in [-0.4, -0.2) is 40.6 Å². The Labute approximate surface area is 110 Å². The molecular weight excluding hydrogens is 224 g/mol. The summed E-state index contributed by atoms with van der Waals surface area (Å²) in [6.07, 6.45) is 7.79. The summed E-state index contributed by atoms with van der Waals surface area (Å²) in [6, 6.07) is 0.611. The van der Waals surface area contributed by atoms with E-state index in [-0.39, 0.29) is 0 Å². The van der Waals surface area contributed by atoms with Gasteiger partial charge in [-0.15, -0.1) is 0 Å². The van der Waals surface area contributed by atoms with E-state index in [1.807, 2.05) is 12.5 Å². The van der Waals surface area contributed by atoms with Gasteiger partial charge in [0, 0.05) is 25.3 Å². The van der Waals surface area contributed by atoms with Crippen LogP contribution in [0.1, 0.15) is 44.8 Å². The summed E-state index contributed by atoms with van der Waals surface area (Å²) in [5.74, 6) is 0. The first-order chi connectivity index (χ1) is 8.85. The summed E-state index contributed by atoms with van der Waals surface area (Å²) in [5, 5.41) is 3.47. The molecule has 1 N–H and O–H groups in total. The Bertz CT molecular complexity index is 347. The number of nitrogens with zero attached hydrogens (tertiary/aromatic N) is 3. The van der Waals surface area contributed by atoms with Gasteiger partial charge in [-0.25, -0.2) is 4.98 Å². The molecule has 1 unspecified atom stereocenters. The molecule has 0 spiro atoms. The number of likely N-dealkylation sites (N-methyl/N-ethyl adjacent to an activating group) is 1. The highest BCUT2D eigenvalue weighted by atomic mass is 15.2. The molecule has 0 radical (unpaired) electrons. The van der Waals surface area contributed by atoms with E-state index in [4.69, 9.17) is 0 Å². The molecule has 1 aliphatic rings. The van der Waals surface area contributed by atoms with Crippen LogP contribution in [0.5, 0.6) is 0 Å². The maximum atomic E-state index is 4.33. The van der Waals surface area contributed by atoms with Gasteiger partial charge in [0.15, 0.2) is 0 Å². The molecule has 0 aliphatic carbocycles. The zero-order valence-electron chi connectivity index (χ0n) is 11.7. The van der Waals surface area contributed by atoms with Crippen molar-refractivity contribution in [2.45, 2.75) is 45.7 Å². The number of aromatic nitrogens is 2. The van der Waals surface area contributed by atoms with Gasteiger partial charge in [0.05, 0.1) is 12.0 Å². The fourth-order valence-corrected chi connectivity index (χ4v) is 2.74. The maximum Gasteiger partial charge on any atom is 0.0951 e. The van der Waals surface area contributed by atoms with Crippen molar-refractivity contribution in [1.82, 2.24) is 19.8 Å². The topological polar surface area (TPSA) is 33.1 Å². The Balaban J connectivity index is 1.97. The molecule has 0 bridgehead atoms. The molecule has 0 aromatic carbocycles. The van der Waals surface area contributed by atoms with Gasteiger partial charge in [0.1, 0.15) is 0 Å². The van der Waals surface area contributed by atoms with Crippen LogP contribution in [0.2, 0.25) is 0 Å². The van der Waals surface area contributed by atoms with E-state index in [1.165, 1.54) is 38.0 Å². The first-order valence-electron chi connectivity index (χ1n) is 7.29. The first-order valence-corrected chi connectivity index (χ1v) is 7.29. The van der Waals surface area contributed by atoms with Crippen molar-refractivity contribution in [1.29, 1.82) is 0 Å². The predicted molar refractivity (Wildman–Crippen MR) is 74.6 cm³/mol. The molecule has 18 heavy (non-hydrogen) atoms. The summed E-state index contributed by atoms with van der Waals surface area (Å²) < 4.78 is 2.38. The SMILES string of the molecule is CCCNCc1cncn1C1CCCN(CC)C1. The molecule has 0 amide bonds. The summed E-state index contributed by atoms with van der Waals surface area (Å²) in [6.45, 7) is 10.1. The van der Waals surface area contributed by atoms with Gasteiger partial charge < -0.3 is 14.8 Å². The average Bonchev–Trinajstić information content (AvgIpc) is 2.87. The van der Waals surface area contributed by atoms with Gasteiger partial charge >= 0.3 is 0 Å². The molecule has 0 saturated carbocycles. The number of hydrogen-bond acceptors (Lipinski definition) is 3. The minimum absolute atomic E-state index is 0.611. The summed E-state index contributed by atoms with van der Waals surface area (Å²) in [7, 11) is 0. The van der Waals surface area contributed by atoms with Crippen molar-refractivity contribution in [2.75, 3.05) is 26.2 Å². The van der Waals surface area contributed by atoms with Gasteiger partial charge in [-0.05, 0) is 38.9 Å². The summed E-state index contributed by atoms with van der Waals surface area (Å²) in [5.41, 5.74) is 1.33. The van der Waals surface area contributed by atoms with Gasteiger partial charge in [-0.2, -0.15) is 0 Å². The zero-order chi connectivity index (χ0) is 12.8. The number of hydrogen-bond donors (Lipinski definition) is 1. The summed E-state index contributed by atoms with van der Waals surface area (Å²) >= 11 is 0. The smallest absolute Gasteiger partial charge is 0.0951 e. The second kappa shape index (κ2) is 6.90. The molecule has 2 heterocycles. The Hall–Kier alpha value is -0.870. The lowest BCUT2D eigenvalue weighted by Crippen LogP contribution is -2.36. The third kappa shape index (κ3) is 3.33. The normalized spacial score (nSPS) is 21.3. The average molecular weight is 250 g/mol. The highest BCUT2D eigenvalue weighted by Crippen LogP contribution is 2.22. The van der Waals surface area contributed by atoms with E-state index in [0.717, 1.165) is 19.6 Å². The number of nitrogens with one attached hydrogen (secondary N) is 1. The number of rotatable bonds is 6. The zero-order valence-corrected chi connectivity index (χ0v) is 11.7. The molecule has 102 valence electrons. The van der Waals surface area contributed by atoms with Crippen LogP contribution in [0.3, 0.4) is 0 Å². The van der Waals surface area contributed by atoms with Gasteiger partial charge in [-0.3, -0.25) is 0 Å². The molecule has 1 saturated heterocycles. The molecule has 1 aromatic heterocycles. The van der Waals surface area contributed by atoms with E-state index in [0.29, 0.717) is 6.04 Å². The van der Waals surface area contributed by atoms with Crippen molar-refractivity contribution in [3.63, 3.8) is 0 Å². The van der Waals surface area contributed by atoms with E-state index in [1.54, 1.807) is 0 Å². The molecule has 1 fully saturated rings. The van der Waals surface area contributed by atoms with Crippen LogP contribution in [0.15, 0.2) is 12.5 Å². The molecule has 4 nitrogen and oxygen atoms in total. The fraction of sp³-hybridized carbons (Fsp3) is 0.786. The highest BCUT2D eigenvalue weighted by molar-refractivity contribution is 5.01. The lowest BCUT2D eigenvalue weighted by molar-refractivity contribution is 0.183. The quantitative estimate of drug-likeness (QED) is 0.784. The van der Waals surface area contributed by atoms with Crippen LogP contribution >= 0.6 is 0 Å². The Kier molecular flexibility index (Phi) is 5.20. The minimum atomic E-state index is 0.611. The highest BCUT2D eigenvalue weighted by Gasteiger charge is 2.21. The monoisotopic (exact) mass is 250 g/mol. The number of likely N-dealkylation sites (tertiary alicyclic amines) is 1. The van der Waals surface area contributed by atoms with Gasteiger partial charge in [-0.1, -0.05) is 13.8 Å². The lowest BCUT2D eigenvalue weighted by Gasteiger charge is -2.33. The van der Waals surface area contributed by atoms with Crippen LogP contribution < -0.4 is 5.32 Å². The van der Waals surface area contributed by atoms with Crippen molar-refractivity contribution < 1.29 is 0 Å². The Morgan fingerprint density at radius 2 is 2.33 bits per heavy atom. The number of piperidine rings is 1. The Morgan fingerprint density at radius 1 is 1.44 bits per heavy atom. The van der Waals surface area contributed by atoms with Crippen LogP contribution in [0, 0.1) is 0 Å². The lowest BCUT2D eigenvalue weighted by atomic mass is 10.1. The van der Waals surface area contributed by atoms with Crippen molar-refractivity contribution in [3.8, 4) is 0 Å². The largest absolute Gasteiger partial charge is 0.329 e. The Morgan fingerprint density at radius 3 is 3.11 bits per heavy atom. The van der Waals surface area contributed by atoms with Gasteiger partial charge in [0.2, 0.25) is 0 Å². The third-order valence-electron chi connectivity index (χ3n) is 3.80. The van der Waals surface area contributed by atoms with Crippen LogP contribution in [0.4, 0.5) is 0 Å². The molecule has 4 heteroatoms. The fourth-order valence-electron chi connectivity index (χ4n) is 2.74. The number of imidazole rings is 1.